The monoisotopic (exact) mass is 295 g/mol. The fourth-order valence-corrected chi connectivity index (χ4v) is 2.04. The zero-order valence-corrected chi connectivity index (χ0v) is 11.6. The van der Waals surface area contributed by atoms with Crippen LogP contribution in [0.1, 0.15) is 5.56 Å². The van der Waals surface area contributed by atoms with Gasteiger partial charge in [0.1, 0.15) is 13.2 Å². The number of ether oxygens (including phenoxy) is 2. The third-order valence-electron chi connectivity index (χ3n) is 3.07. The summed E-state index contributed by atoms with van der Waals surface area (Å²) in [7, 11) is 0. The Labute approximate surface area is 127 Å². The SMILES string of the molecule is N#Cc1ccc(NC(=O)Nc2ccc3c(c2)OCCO3)cc1. The van der Waals surface area contributed by atoms with Gasteiger partial charge in [0.2, 0.25) is 0 Å². The lowest BCUT2D eigenvalue weighted by molar-refractivity contribution is 0.171. The highest BCUT2D eigenvalue weighted by Crippen LogP contribution is 2.32. The van der Waals surface area contributed by atoms with Gasteiger partial charge in [-0.25, -0.2) is 4.79 Å². The maximum absolute atomic E-state index is 11.9. The quantitative estimate of drug-likeness (QED) is 0.892. The Morgan fingerprint density at radius 1 is 0.955 bits per heavy atom. The number of benzene rings is 2. The fourth-order valence-electron chi connectivity index (χ4n) is 2.04. The average molecular weight is 295 g/mol. The number of rotatable bonds is 2. The van der Waals surface area contributed by atoms with Crippen molar-refractivity contribution in [1.29, 1.82) is 5.26 Å². The summed E-state index contributed by atoms with van der Waals surface area (Å²) in [5.41, 5.74) is 1.75. The molecule has 6 heteroatoms. The molecule has 0 saturated heterocycles. The first kappa shape index (κ1) is 13.8. The van der Waals surface area contributed by atoms with E-state index in [2.05, 4.69) is 10.6 Å². The number of nitriles is 1. The lowest BCUT2D eigenvalue weighted by Crippen LogP contribution is -2.20. The smallest absolute Gasteiger partial charge is 0.323 e. The van der Waals surface area contributed by atoms with Crippen LogP contribution in [0.4, 0.5) is 16.2 Å². The first-order valence-electron chi connectivity index (χ1n) is 6.72. The van der Waals surface area contributed by atoms with Gasteiger partial charge in [-0.05, 0) is 36.4 Å². The number of anilines is 2. The zero-order valence-electron chi connectivity index (χ0n) is 11.6. The van der Waals surface area contributed by atoms with Gasteiger partial charge in [-0.1, -0.05) is 0 Å². The third-order valence-corrected chi connectivity index (χ3v) is 3.07. The molecule has 3 rings (SSSR count). The zero-order chi connectivity index (χ0) is 15.4. The summed E-state index contributed by atoms with van der Waals surface area (Å²) in [5, 5.41) is 14.1. The van der Waals surface area contributed by atoms with E-state index in [0.717, 1.165) is 0 Å². The molecule has 0 atom stereocenters. The summed E-state index contributed by atoms with van der Waals surface area (Å²) in [6.07, 6.45) is 0. The molecule has 110 valence electrons. The maximum Gasteiger partial charge on any atom is 0.323 e. The maximum atomic E-state index is 11.9. The van der Waals surface area contributed by atoms with Crippen LogP contribution in [-0.2, 0) is 0 Å². The Kier molecular flexibility index (Phi) is 3.79. The number of urea groups is 1. The molecule has 0 aliphatic carbocycles. The predicted octanol–water partition coefficient (Wildman–Crippen LogP) is 2.97. The molecule has 2 amide bonds. The summed E-state index contributed by atoms with van der Waals surface area (Å²) in [5.74, 6) is 1.28. The van der Waals surface area contributed by atoms with Crippen LogP contribution in [0.2, 0.25) is 0 Å². The van der Waals surface area contributed by atoms with Crippen LogP contribution in [0.15, 0.2) is 42.5 Å². The van der Waals surface area contributed by atoms with Crippen LogP contribution in [0.3, 0.4) is 0 Å². The average Bonchev–Trinajstić information content (AvgIpc) is 2.55. The minimum absolute atomic E-state index is 0.374. The molecule has 0 saturated carbocycles. The molecule has 0 fully saturated rings. The number of carbonyl (C=O) groups excluding carboxylic acids is 1. The normalized spacial score (nSPS) is 12.1. The summed E-state index contributed by atoms with van der Waals surface area (Å²) < 4.78 is 10.9. The molecule has 2 N–H and O–H groups in total. The molecule has 0 radical (unpaired) electrons. The van der Waals surface area contributed by atoms with E-state index in [1.807, 2.05) is 6.07 Å². The highest BCUT2D eigenvalue weighted by atomic mass is 16.6. The van der Waals surface area contributed by atoms with Gasteiger partial charge >= 0.3 is 6.03 Å². The molecule has 6 nitrogen and oxygen atoms in total. The van der Waals surface area contributed by atoms with E-state index in [0.29, 0.717) is 41.7 Å². The highest BCUT2D eigenvalue weighted by molar-refractivity contribution is 5.99. The highest BCUT2D eigenvalue weighted by Gasteiger charge is 2.12. The Morgan fingerprint density at radius 2 is 1.59 bits per heavy atom. The van der Waals surface area contributed by atoms with Crippen molar-refractivity contribution < 1.29 is 14.3 Å². The third kappa shape index (κ3) is 3.10. The van der Waals surface area contributed by atoms with E-state index in [9.17, 15) is 4.79 Å². The lowest BCUT2D eigenvalue weighted by atomic mass is 10.2. The van der Waals surface area contributed by atoms with Crippen molar-refractivity contribution in [3.05, 3.63) is 48.0 Å². The van der Waals surface area contributed by atoms with Gasteiger partial charge in [0.15, 0.2) is 11.5 Å². The Morgan fingerprint density at radius 3 is 2.32 bits per heavy atom. The van der Waals surface area contributed by atoms with E-state index in [1.165, 1.54) is 0 Å². The second-order valence-electron chi connectivity index (χ2n) is 4.63. The van der Waals surface area contributed by atoms with Crippen LogP contribution >= 0.6 is 0 Å². The van der Waals surface area contributed by atoms with Crippen LogP contribution in [0.5, 0.6) is 11.5 Å². The van der Waals surface area contributed by atoms with E-state index >= 15 is 0 Å². The van der Waals surface area contributed by atoms with Crippen molar-refractivity contribution in [3.63, 3.8) is 0 Å². The van der Waals surface area contributed by atoms with Crippen LogP contribution in [0, 0.1) is 11.3 Å². The largest absolute Gasteiger partial charge is 0.486 e. The molecule has 0 bridgehead atoms. The molecular formula is C16H13N3O3. The van der Waals surface area contributed by atoms with Gasteiger partial charge in [0, 0.05) is 17.4 Å². The van der Waals surface area contributed by atoms with Gasteiger partial charge in [0.25, 0.3) is 0 Å². The first-order chi connectivity index (χ1) is 10.7. The molecule has 1 heterocycles. The van der Waals surface area contributed by atoms with E-state index in [1.54, 1.807) is 42.5 Å². The second-order valence-corrected chi connectivity index (χ2v) is 4.63. The summed E-state index contributed by atoms with van der Waals surface area (Å²) in [6, 6.07) is 13.5. The van der Waals surface area contributed by atoms with Gasteiger partial charge < -0.3 is 20.1 Å². The number of nitrogens with zero attached hydrogens (tertiary/aromatic N) is 1. The number of hydrogen-bond donors (Lipinski definition) is 2. The predicted molar refractivity (Wildman–Crippen MR) is 81.2 cm³/mol. The fraction of sp³-hybridized carbons (Fsp3) is 0.125. The molecule has 1 aliphatic rings. The number of nitrogens with one attached hydrogen (secondary N) is 2. The van der Waals surface area contributed by atoms with Crippen LogP contribution in [0.25, 0.3) is 0 Å². The number of hydrogen-bond acceptors (Lipinski definition) is 4. The first-order valence-corrected chi connectivity index (χ1v) is 6.72. The summed E-state index contributed by atoms with van der Waals surface area (Å²) in [6.45, 7) is 1.02. The molecule has 2 aromatic carbocycles. The number of amides is 2. The van der Waals surface area contributed by atoms with Crippen LogP contribution in [-0.4, -0.2) is 19.2 Å². The molecule has 0 aromatic heterocycles. The van der Waals surface area contributed by atoms with Crippen molar-refractivity contribution >= 4 is 17.4 Å². The Balaban J connectivity index is 1.65. The molecule has 0 unspecified atom stereocenters. The lowest BCUT2D eigenvalue weighted by Gasteiger charge is -2.19. The second kappa shape index (κ2) is 6.06. The van der Waals surface area contributed by atoms with Crippen molar-refractivity contribution in [3.8, 4) is 17.6 Å². The van der Waals surface area contributed by atoms with Crippen molar-refractivity contribution in [2.45, 2.75) is 0 Å². The Hall–Kier alpha value is -3.20. The van der Waals surface area contributed by atoms with Gasteiger partial charge in [0.05, 0.1) is 11.6 Å². The van der Waals surface area contributed by atoms with Gasteiger partial charge in [-0.2, -0.15) is 5.26 Å². The number of carbonyl (C=O) groups is 1. The summed E-state index contributed by atoms with van der Waals surface area (Å²) in [4.78, 5) is 11.9. The minimum Gasteiger partial charge on any atom is -0.486 e. The van der Waals surface area contributed by atoms with E-state index in [4.69, 9.17) is 14.7 Å². The number of fused-ring (bicyclic) bond motifs is 1. The minimum atomic E-state index is -0.374. The molecular weight excluding hydrogens is 282 g/mol. The van der Waals surface area contributed by atoms with Crippen molar-refractivity contribution in [2.75, 3.05) is 23.8 Å². The molecule has 22 heavy (non-hydrogen) atoms. The van der Waals surface area contributed by atoms with E-state index < -0.39 is 0 Å². The Bertz CT molecular complexity index is 735. The van der Waals surface area contributed by atoms with E-state index in [-0.39, 0.29) is 6.03 Å². The topological polar surface area (TPSA) is 83.4 Å². The van der Waals surface area contributed by atoms with Crippen LogP contribution < -0.4 is 20.1 Å². The van der Waals surface area contributed by atoms with Gasteiger partial charge in [-0.3, -0.25) is 0 Å². The van der Waals surface area contributed by atoms with Crippen molar-refractivity contribution in [2.24, 2.45) is 0 Å². The molecule has 2 aromatic rings. The van der Waals surface area contributed by atoms with Crippen molar-refractivity contribution in [1.82, 2.24) is 0 Å². The van der Waals surface area contributed by atoms with Gasteiger partial charge in [-0.15, -0.1) is 0 Å². The summed E-state index contributed by atoms with van der Waals surface area (Å²) >= 11 is 0. The molecule has 1 aliphatic heterocycles. The standard InChI is InChI=1S/C16H13N3O3/c17-10-11-1-3-12(4-2-11)18-16(20)19-13-5-6-14-15(9-13)22-8-7-21-14/h1-6,9H,7-8H2,(H2,18,19,20). The molecule has 0 spiro atoms.